The predicted molar refractivity (Wildman–Crippen MR) is 99.3 cm³/mol. The number of nitro groups is 1. The molecule has 1 amide bonds. The number of non-ortho nitro benzene ring substituents is 1. The molecule has 30 heavy (non-hydrogen) atoms. The Morgan fingerprint density at radius 3 is 2.63 bits per heavy atom. The molecule has 0 radical (unpaired) electrons. The highest BCUT2D eigenvalue weighted by Gasteiger charge is 2.70. The van der Waals surface area contributed by atoms with E-state index in [9.17, 15) is 28.1 Å². The van der Waals surface area contributed by atoms with Crippen LogP contribution in [0.1, 0.15) is 18.9 Å². The van der Waals surface area contributed by atoms with Crippen molar-refractivity contribution in [2.45, 2.75) is 42.7 Å². The lowest BCUT2D eigenvalue weighted by atomic mass is 9.96. The van der Waals surface area contributed by atoms with Crippen LogP contribution in [0, 0.1) is 10.1 Å². The molecule has 12 nitrogen and oxygen atoms in total. The highest BCUT2D eigenvalue weighted by atomic mass is 32.2. The minimum atomic E-state index is -3.89. The van der Waals surface area contributed by atoms with Crippen molar-refractivity contribution in [2.24, 2.45) is 0 Å². The van der Waals surface area contributed by atoms with Gasteiger partial charge in [-0.1, -0.05) is 0 Å². The molecule has 2 aliphatic rings. The minimum Gasteiger partial charge on any atom is -0.459 e. The fourth-order valence-corrected chi connectivity index (χ4v) is 6.21. The number of benzene rings is 1. The van der Waals surface area contributed by atoms with Gasteiger partial charge in [0.2, 0.25) is 5.91 Å². The van der Waals surface area contributed by atoms with Crippen molar-refractivity contribution in [3.05, 3.63) is 52.6 Å². The van der Waals surface area contributed by atoms with Gasteiger partial charge >= 0.3 is 5.97 Å². The van der Waals surface area contributed by atoms with Crippen LogP contribution in [-0.4, -0.2) is 61.0 Å². The number of ether oxygens (including phenoxy) is 1. The maximum Gasteiger partial charge on any atom is 0.330 e. The van der Waals surface area contributed by atoms with Crippen LogP contribution in [0.5, 0.6) is 0 Å². The van der Waals surface area contributed by atoms with Crippen LogP contribution in [0.2, 0.25) is 0 Å². The average molecular weight is 435 g/mol. The first kappa shape index (κ1) is 19.9. The number of nitro benzene ring substituents is 1. The third kappa shape index (κ3) is 2.93. The van der Waals surface area contributed by atoms with Crippen LogP contribution in [0.25, 0.3) is 0 Å². The largest absolute Gasteiger partial charge is 0.459 e. The van der Waals surface area contributed by atoms with E-state index in [-0.39, 0.29) is 25.3 Å². The number of nitrogens with zero attached hydrogens (tertiary/aromatic N) is 5. The van der Waals surface area contributed by atoms with Crippen LogP contribution in [0.4, 0.5) is 5.69 Å². The zero-order valence-electron chi connectivity index (χ0n) is 15.7. The molecule has 3 heterocycles. The number of sulfone groups is 1. The van der Waals surface area contributed by atoms with E-state index in [4.69, 9.17) is 4.74 Å². The highest BCUT2D eigenvalue weighted by molar-refractivity contribution is 7.93. The number of rotatable bonds is 6. The van der Waals surface area contributed by atoms with Gasteiger partial charge in [-0.25, -0.2) is 18.2 Å². The number of hydrogen-bond donors (Lipinski definition) is 0. The van der Waals surface area contributed by atoms with Gasteiger partial charge in [0.15, 0.2) is 15.9 Å². The summed E-state index contributed by atoms with van der Waals surface area (Å²) >= 11 is 0. The summed E-state index contributed by atoms with van der Waals surface area (Å²) in [5.74, 6) is -1.31. The normalized spacial score (nSPS) is 26.7. The second-order valence-corrected chi connectivity index (χ2v) is 9.91. The smallest absolute Gasteiger partial charge is 0.330 e. The lowest BCUT2D eigenvalue weighted by molar-refractivity contribution is -0.384. The van der Waals surface area contributed by atoms with E-state index in [1.165, 1.54) is 48.5 Å². The van der Waals surface area contributed by atoms with Gasteiger partial charge in [-0.05, 0) is 24.6 Å². The second kappa shape index (κ2) is 6.86. The van der Waals surface area contributed by atoms with Gasteiger partial charge in [0, 0.05) is 12.1 Å². The van der Waals surface area contributed by atoms with Gasteiger partial charge in [0.1, 0.15) is 29.4 Å². The number of carbonyl (C=O) groups excluding carboxylic acids is 2. The predicted octanol–water partition coefficient (Wildman–Crippen LogP) is 0.0438. The maximum absolute atomic E-state index is 13.1. The number of fused-ring (bicyclic) bond motifs is 1. The van der Waals surface area contributed by atoms with Gasteiger partial charge in [-0.2, -0.15) is 5.10 Å². The molecule has 0 saturated carbocycles. The minimum absolute atomic E-state index is 0.110. The van der Waals surface area contributed by atoms with Crippen molar-refractivity contribution in [1.29, 1.82) is 0 Å². The Kier molecular flexibility index (Phi) is 4.56. The van der Waals surface area contributed by atoms with Crippen molar-refractivity contribution in [2.75, 3.05) is 0 Å². The van der Waals surface area contributed by atoms with Crippen LogP contribution in [-0.2, 0) is 37.3 Å². The van der Waals surface area contributed by atoms with Crippen LogP contribution in [0.3, 0.4) is 0 Å². The fraction of sp³-hybridized carbons (Fsp3) is 0.412. The number of β-lactam (4-membered cyclic amide) rings is 1. The van der Waals surface area contributed by atoms with Crippen molar-refractivity contribution in [3.63, 3.8) is 0 Å². The van der Waals surface area contributed by atoms with Gasteiger partial charge < -0.3 is 9.64 Å². The van der Waals surface area contributed by atoms with Crippen LogP contribution >= 0.6 is 0 Å². The van der Waals surface area contributed by atoms with Crippen molar-refractivity contribution < 1.29 is 27.7 Å². The molecule has 4 rings (SSSR count). The molecule has 0 N–H and O–H groups in total. The lowest BCUT2D eigenvalue weighted by Gasteiger charge is -2.36. The standard InChI is InChI=1S/C17H17N5O7S/c1-17(8-20-10-18-9-19-20)15(21-13(23)6-14(21)30(17,27)28)16(24)29-7-11-2-4-12(5-3-11)22(25)26/h2-5,9-10,14-15H,6-8H2,1H3/t14-,15-,17-/m0/s1. The van der Waals surface area contributed by atoms with Crippen molar-refractivity contribution in [1.82, 2.24) is 19.7 Å². The SMILES string of the molecule is C[C@]1(Cn2cncn2)[C@H](C(=O)OCc2ccc([N+](=O)[O-])cc2)N2C(=O)C[C@@H]2S1(=O)=O. The monoisotopic (exact) mass is 435 g/mol. The molecule has 2 saturated heterocycles. The van der Waals surface area contributed by atoms with E-state index in [1.807, 2.05) is 0 Å². The Hall–Kier alpha value is -3.35. The molecule has 3 atom stereocenters. The van der Waals surface area contributed by atoms with Crippen LogP contribution in [0.15, 0.2) is 36.9 Å². The molecule has 1 aromatic carbocycles. The molecular formula is C17H17N5O7S. The summed E-state index contributed by atoms with van der Waals surface area (Å²) in [6, 6.07) is 4.07. The van der Waals surface area contributed by atoms with E-state index in [0.29, 0.717) is 5.56 Å². The first-order valence-electron chi connectivity index (χ1n) is 8.92. The van der Waals surface area contributed by atoms with E-state index in [0.717, 1.165) is 4.90 Å². The molecule has 0 spiro atoms. The van der Waals surface area contributed by atoms with Gasteiger partial charge in [-0.15, -0.1) is 0 Å². The van der Waals surface area contributed by atoms with Crippen LogP contribution < -0.4 is 0 Å². The summed E-state index contributed by atoms with van der Waals surface area (Å²) < 4.78 is 31.2. The maximum atomic E-state index is 13.1. The molecule has 1 aromatic heterocycles. The van der Waals surface area contributed by atoms with Gasteiger partial charge in [0.25, 0.3) is 5.69 Å². The topological polar surface area (TPSA) is 155 Å². The first-order valence-corrected chi connectivity index (χ1v) is 10.5. The summed E-state index contributed by atoms with van der Waals surface area (Å²) in [5.41, 5.74) is 0.376. The summed E-state index contributed by atoms with van der Waals surface area (Å²) in [4.78, 5) is 40.1. The van der Waals surface area contributed by atoms with Gasteiger partial charge in [-0.3, -0.25) is 19.6 Å². The van der Waals surface area contributed by atoms with E-state index in [1.54, 1.807) is 0 Å². The van der Waals surface area contributed by atoms with E-state index in [2.05, 4.69) is 10.1 Å². The molecule has 2 fully saturated rings. The molecule has 0 aliphatic carbocycles. The number of carbonyl (C=O) groups is 2. The summed E-state index contributed by atoms with van der Waals surface area (Å²) in [6.07, 6.45) is 2.39. The number of esters is 1. The molecule has 13 heteroatoms. The van der Waals surface area contributed by atoms with Crippen molar-refractivity contribution >= 4 is 27.4 Å². The quantitative estimate of drug-likeness (QED) is 0.265. The average Bonchev–Trinajstić information content (AvgIpc) is 3.24. The Balaban J connectivity index is 1.58. The molecule has 0 unspecified atom stereocenters. The Morgan fingerprint density at radius 2 is 2.07 bits per heavy atom. The zero-order chi connectivity index (χ0) is 21.7. The molecule has 0 bridgehead atoms. The summed E-state index contributed by atoms with van der Waals surface area (Å²) in [7, 11) is -3.89. The lowest BCUT2D eigenvalue weighted by Crippen LogP contribution is -2.58. The van der Waals surface area contributed by atoms with E-state index >= 15 is 0 Å². The Bertz CT molecular complexity index is 1120. The highest BCUT2D eigenvalue weighted by Crippen LogP contribution is 2.47. The molecular weight excluding hydrogens is 418 g/mol. The Morgan fingerprint density at radius 1 is 1.37 bits per heavy atom. The molecule has 2 aliphatic heterocycles. The van der Waals surface area contributed by atoms with Gasteiger partial charge in [0.05, 0.1) is 17.9 Å². The van der Waals surface area contributed by atoms with E-state index < -0.39 is 42.8 Å². The number of amides is 1. The van der Waals surface area contributed by atoms with Crippen molar-refractivity contribution in [3.8, 4) is 0 Å². The molecule has 158 valence electrons. The summed E-state index contributed by atoms with van der Waals surface area (Å²) in [6.45, 7) is 1.000. The third-order valence-electron chi connectivity index (χ3n) is 5.51. The summed E-state index contributed by atoms with van der Waals surface area (Å²) in [5, 5.41) is 13.6. The third-order valence-corrected chi connectivity index (χ3v) is 8.27. The number of aromatic nitrogens is 3. The molecule has 2 aromatic rings. The zero-order valence-corrected chi connectivity index (χ0v) is 16.6. The Labute approximate surface area is 170 Å². The fourth-order valence-electron chi connectivity index (χ4n) is 3.85. The second-order valence-electron chi connectivity index (χ2n) is 7.34. The number of hydrogen-bond acceptors (Lipinski definition) is 9. The first-order chi connectivity index (χ1) is 14.1.